The number of pyridine rings is 1. The number of hydrogen-bond acceptors (Lipinski definition) is 4. The molecule has 1 aromatic rings. The fourth-order valence-electron chi connectivity index (χ4n) is 1.62. The molecule has 5 nitrogen and oxygen atoms in total. The number of hydrogen-bond donors (Lipinski definition) is 2. The Labute approximate surface area is 100 Å². The fourth-order valence-corrected chi connectivity index (χ4v) is 1.62. The lowest BCUT2D eigenvalue weighted by molar-refractivity contribution is -0.120. The number of nitrogens with zero attached hydrogens (tertiary/aromatic N) is 2. The molecule has 1 atom stereocenters. The predicted octanol–water partition coefficient (Wildman–Crippen LogP) is 0.915. The van der Waals surface area contributed by atoms with E-state index in [1.54, 1.807) is 6.20 Å². The number of aryl methyl sites for hydroxylation is 1. The van der Waals surface area contributed by atoms with Crippen LogP contribution in [0, 0.1) is 6.92 Å². The zero-order valence-corrected chi connectivity index (χ0v) is 10.2. The van der Waals surface area contributed by atoms with E-state index < -0.39 is 6.04 Å². The van der Waals surface area contributed by atoms with E-state index in [4.69, 9.17) is 0 Å². The van der Waals surface area contributed by atoms with Crippen LogP contribution in [-0.4, -0.2) is 22.9 Å². The molecule has 0 spiro atoms. The number of aliphatic imine (C=N–C) groups is 1. The standard InChI is InChI=1S/C12H16N4O/c1-7(2)14-12-15-10(11(17)16-12)9-5-4-8(3)13-6-9/h4-7,10H,1-3H3,(H2,14,15,16,17). The Morgan fingerprint density at radius 1 is 1.41 bits per heavy atom. The second-order valence-electron chi connectivity index (χ2n) is 4.40. The molecule has 1 amide bonds. The van der Waals surface area contributed by atoms with Gasteiger partial charge in [-0.05, 0) is 26.8 Å². The molecule has 0 bridgehead atoms. The zero-order valence-electron chi connectivity index (χ0n) is 10.2. The van der Waals surface area contributed by atoms with Crippen molar-refractivity contribution in [3.05, 3.63) is 29.6 Å². The van der Waals surface area contributed by atoms with Gasteiger partial charge in [0.1, 0.15) is 0 Å². The Bertz CT molecular complexity index is 450. The summed E-state index contributed by atoms with van der Waals surface area (Å²) < 4.78 is 0. The highest BCUT2D eigenvalue weighted by molar-refractivity contribution is 6.05. The maximum Gasteiger partial charge on any atom is 0.256 e. The molecular weight excluding hydrogens is 216 g/mol. The van der Waals surface area contributed by atoms with Crippen molar-refractivity contribution in [1.29, 1.82) is 0 Å². The number of carbonyl (C=O) groups is 1. The number of carbonyl (C=O) groups excluding carboxylic acids is 1. The Hall–Kier alpha value is -1.91. The van der Waals surface area contributed by atoms with Crippen LogP contribution in [0.2, 0.25) is 0 Å². The van der Waals surface area contributed by atoms with Crippen LogP contribution in [0.5, 0.6) is 0 Å². The van der Waals surface area contributed by atoms with Gasteiger partial charge in [0.05, 0.1) is 0 Å². The van der Waals surface area contributed by atoms with Crippen LogP contribution < -0.4 is 10.6 Å². The van der Waals surface area contributed by atoms with Gasteiger partial charge in [-0.25, -0.2) is 4.99 Å². The van der Waals surface area contributed by atoms with E-state index in [0.717, 1.165) is 11.3 Å². The number of rotatable bonds is 2. The third kappa shape index (κ3) is 2.61. The van der Waals surface area contributed by atoms with Crippen molar-refractivity contribution in [2.24, 2.45) is 4.99 Å². The molecule has 1 aliphatic heterocycles. The summed E-state index contributed by atoms with van der Waals surface area (Å²) in [5.41, 5.74) is 1.74. The van der Waals surface area contributed by atoms with E-state index in [0.29, 0.717) is 5.96 Å². The van der Waals surface area contributed by atoms with E-state index in [9.17, 15) is 4.79 Å². The van der Waals surface area contributed by atoms with Crippen molar-refractivity contribution < 1.29 is 4.79 Å². The van der Waals surface area contributed by atoms with Crippen LogP contribution in [0.4, 0.5) is 0 Å². The lowest BCUT2D eigenvalue weighted by atomic mass is 10.1. The topological polar surface area (TPSA) is 66.4 Å². The zero-order chi connectivity index (χ0) is 12.4. The molecule has 0 saturated heterocycles. The molecule has 0 aromatic carbocycles. The first-order valence-corrected chi connectivity index (χ1v) is 5.64. The maximum atomic E-state index is 11.8. The van der Waals surface area contributed by atoms with Crippen molar-refractivity contribution in [3.63, 3.8) is 0 Å². The van der Waals surface area contributed by atoms with Crippen molar-refractivity contribution in [2.45, 2.75) is 32.9 Å². The minimum Gasteiger partial charge on any atom is -0.354 e. The largest absolute Gasteiger partial charge is 0.354 e. The fraction of sp³-hybridized carbons (Fsp3) is 0.417. The summed E-state index contributed by atoms with van der Waals surface area (Å²) in [6, 6.07) is 3.52. The van der Waals surface area contributed by atoms with E-state index in [-0.39, 0.29) is 11.9 Å². The van der Waals surface area contributed by atoms with E-state index in [1.807, 2.05) is 32.9 Å². The second-order valence-corrected chi connectivity index (χ2v) is 4.40. The monoisotopic (exact) mass is 232 g/mol. The van der Waals surface area contributed by atoms with Crippen molar-refractivity contribution in [1.82, 2.24) is 15.6 Å². The van der Waals surface area contributed by atoms with Gasteiger partial charge in [-0.3, -0.25) is 15.1 Å². The highest BCUT2D eigenvalue weighted by Crippen LogP contribution is 2.20. The van der Waals surface area contributed by atoms with Crippen LogP contribution in [0.1, 0.15) is 31.1 Å². The van der Waals surface area contributed by atoms with Gasteiger partial charge >= 0.3 is 0 Å². The SMILES string of the molecule is Cc1ccc(C2N=C(NC(C)C)NC2=O)cn1. The summed E-state index contributed by atoms with van der Waals surface area (Å²) in [7, 11) is 0. The lowest BCUT2D eigenvalue weighted by Gasteiger charge is -2.07. The first-order valence-electron chi connectivity index (χ1n) is 5.64. The molecule has 90 valence electrons. The molecule has 1 aromatic heterocycles. The molecule has 0 aliphatic carbocycles. The predicted molar refractivity (Wildman–Crippen MR) is 65.6 cm³/mol. The van der Waals surface area contributed by atoms with Gasteiger partial charge in [-0.1, -0.05) is 6.07 Å². The van der Waals surface area contributed by atoms with E-state index in [1.165, 1.54) is 0 Å². The van der Waals surface area contributed by atoms with Gasteiger partial charge in [0.2, 0.25) is 0 Å². The highest BCUT2D eigenvalue weighted by atomic mass is 16.2. The lowest BCUT2D eigenvalue weighted by Crippen LogP contribution is -2.40. The molecule has 5 heteroatoms. The van der Waals surface area contributed by atoms with Gasteiger partial charge in [-0.15, -0.1) is 0 Å². The summed E-state index contributed by atoms with van der Waals surface area (Å²) in [5.74, 6) is 0.425. The van der Waals surface area contributed by atoms with Crippen LogP contribution >= 0.6 is 0 Å². The van der Waals surface area contributed by atoms with Crippen molar-refractivity contribution in [2.75, 3.05) is 0 Å². The first kappa shape index (κ1) is 11.6. The average Bonchev–Trinajstić information content (AvgIpc) is 2.59. The van der Waals surface area contributed by atoms with Crippen LogP contribution in [-0.2, 0) is 4.79 Å². The van der Waals surface area contributed by atoms with Crippen molar-refractivity contribution in [3.8, 4) is 0 Å². The van der Waals surface area contributed by atoms with Crippen LogP contribution in [0.15, 0.2) is 23.3 Å². The Kier molecular flexibility index (Phi) is 3.08. The quantitative estimate of drug-likeness (QED) is 0.796. The molecule has 2 heterocycles. The van der Waals surface area contributed by atoms with Crippen LogP contribution in [0.3, 0.4) is 0 Å². The molecule has 17 heavy (non-hydrogen) atoms. The first-order chi connectivity index (χ1) is 8.06. The molecule has 2 N–H and O–H groups in total. The Balaban J connectivity index is 2.18. The molecular formula is C12H16N4O. The summed E-state index contributed by atoms with van der Waals surface area (Å²) in [5, 5.41) is 5.80. The molecule has 0 radical (unpaired) electrons. The number of amides is 1. The summed E-state index contributed by atoms with van der Waals surface area (Å²) in [6.07, 6.45) is 1.70. The summed E-state index contributed by atoms with van der Waals surface area (Å²) in [6.45, 7) is 5.90. The van der Waals surface area contributed by atoms with Gasteiger partial charge in [0.25, 0.3) is 5.91 Å². The summed E-state index contributed by atoms with van der Waals surface area (Å²) >= 11 is 0. The average molecular weight is 232 g/mol. The number of guanidine groups is 1. The minimum absolute atomic E-state index is 0.112. The molecule has 0 saturated carbocycles. The normalized spacial score (nSPS) is 19.2. The third-order valence-electron chi connectivity index (χ3n) is 2.42. The molecule has 1 aliphatic rings. The van der Waals surface area contributed by atoms with Gasteiger partial charge in [0.15, 0.2) is 12.0 Å². The van der Waals surface area contributed by atoms with Gasteiger partial charge in [0, 0.05) is 23.5 Å². The van der Waals surface area contributed by atoms with Gasteiger partial charge in [-0.2, -0.15) is 0 Å². The third-order valence-corrected chi connectivity index (χ3v) is 2.42. The molecule has 1 unspecified atom stereocenters. The van der Waals surface area contributed by atoms with Gasteiger partial charge < -0.3 is 5.32 Å². The minimum atomic E-state index is -0.482. The smallest absolute Gasteiger partial charge is 0.256 e. The maximum absolute atomic E-state index is 11.8. The van der Waals surface area contributed by atoms with E-state index >= 15 is 0 Å². The van der Waals surface area contributed by atoms with Crippen LogP contribution in [0.25, 0.3) is 0 Å². The molecule has 2 rings (SSSR count). The summed E-state index contributed by atoms with van der Waals surface area (Å²) in [4.78, 5) is 20.2. The molecule has 0 fully saturated rings. The number of nitrogens with one attached hydrogen (secondary N) is 2. The Morgan fingerprint density at radius 2 is 2.18 bits per heavy atom. The Morgan fingerprint density at radius 3 is 2.76 bits per heavy atom. The highest BCUT2D eigenvalue weighted by Gasteiger charge is 2.28. The van der Waals surface area contributed by atoms with E-state index in [2.05, 4.69) is 20.6 Å². The second kappa shape index (κ2) is 4.53. The number of aromatic nitrogens is 1. The van der Waals surface area contributed by atoms with Crippen molar-refractivity contribution >= 4 is 11.9 Å².